The molecule has 0 spiro atoms. The highest BCUT2D eigenvalue weighted by Crippen LogP contribution is 2.32. The van der Waals surface area contributed by atoms with E-state index in [9.17, 15) is 0 Å². The lowest BCUT2D eigenvalue weighted by Gasteiger charge is -2.40. The summed E-state index contributed by atoms with van der Waals surface area (Å²) in [6, 6.07) is 20.6. The number of hydrogen-bond donors (Lipinski definition) is 0. The zero-order valence-corrected chi connectivity index (χ0v) is 19.0. The minimum Gasteiger partial charge on any atom is -0.495 e. The molecule has 33 heavy (non-hydrogen) atoms. The van der Waals surface area contributed by atoms with Gasteiger partial charge in [0.1, 0.15) is 18.1 Å². The van der Waals surface area contributed by atoms with Crippen LogP contribution in [0.25, 0.3) is 0 Å². The molecule has 0 amide bonds. The Morgan fingerprint density at radius 2 is 1.76 bits per heavy atom. The fourth-order valence-corrected chi connectivity index (χ4v) is 4.45. The van der Waals surface area contributed by atoms with E-state index in [4.69, 9.17) is 9.15 Å². The van der Waals surface area contributed by atoms with E-state index in [1.807, 2.05) is 28.9 Å². The minimum absolute atomic E-state index is 0.0459. The lowest BCUT2D eigenvalue weighted by Crippen LogP contribution is -2.48. The van der Waals surface area contributed by atoms with Gasteiger partial charge in [-0.25, -0.2) is 4.68 Å². The van der Waals surface area contributed by atoms with Crippen LogP contribution in [0.3, 0.4) is 0 Å². The topological polar surface area (TPSA) is 72.5 Å². The van der Waals surface area contributed by atoms with E-state index in [1.54, 1.807) is 13.4 Å². The van der Waals surface area contributed by atoms with Crippen LogP contribution < -0.4 is 9.64 Å². The first-order chi connectivity index (χ1) is 16.2. The highest BCUT2D eigenvalue weighted by atomic mass is 16.5. The third kappa shape index (κ3) is 4.47. The quantitative estimate of drug-likeness (QED) is 0.432. The van der Waals surface area contributed by atoms with Gasteiger partial charge in [-0.2, -0.15) is 0 Å². The first-order valence-corrected chi connectivity index (χ1v) is 11.2. The Labute approximate surface area is 193 Å². The second kappa shape index (κ2) is 9.46. The molecule has 1 atom stereocenters. The number of tetrazole rings is 1. The van der Waals surface area contributed by atoms with Gasteiger partial charge in [-0.3, -0.25) is 4.90 Å². The molecule has 1 fully saturated rings. The number of rotatable bonds is 7. The van der Waals surface area contributed by atoms with Crippen molar-refractivity contribution in [3.05, 3.63) is 89.6 Å². The van der Waals surface area contributed by atoms with Crippen LogP contribution in [-0.2, 0) is 6.54 Å². The smallest absolute Gasteiger partial charge is 0.173 e. The number of piperazine rings is 1. The molecule has 2 aromatic heterocycles. The lowest BCUT2D eigenvalue weighted by atomic mass is 10.0. The van der Waals surface area contributed by atoms with Crippen molar-refractivity contribution in [1.82, 2.24) is 25.1 Å². The Bertz CT molecular complexity index is 1160. The summed E-state index contributed by atoms with van der Waals surface area (Å²) in [5.74, 6) is 2.55. The number of furan rings is 1. The second-order valence-corrected chi connectivity index (χ2v) is 8.28. The molecule has 0 bridgehead atoms. The van der Waals surface area contributed by atoms with Gasteiger partial charge in [0, 0.05) is 26.2 Å². The molecule has 0 aliphatic carbocycles. The number of aromatic nitrogens is 4. The standard InChI is InChI=1S/C25H28N6O2/c1-19-9-11-20(12-10-19)24(25-26-27-28-31(25)18-21-6-5-17-33-21)30-15-13-29(14-16-30)22-7-3-4-8-23(22)32-2/h3-12,17,24H,13-16,18H2,1-2H3/t24-/m0/s1. The Balaban J connectivity index is 1.42. The molecule has 2 aromatic carbocycles. The largest absolute Gasteiger partial charge is 0.495 e. The molecule has 5 rings (SSSR count). The summed E-state index contributed by atoms with van der Waals surface area (Å²) < 4.78 is 13.0. The van der Waals surface area contributed by atoms with Crippen LogP contribution in [0.5, 0.6) is 5.75 Å². The molecule has 3 heterocycles. The SMILES string of the molecule is COc1ccccc1N1CCN([C@@H](c2ccc(C)cc2)c2nnnn2Cc2ccco2)CC1. The van der Waals surface area contributed by atoms with Crippen molar-refractivity contribution < 1.29 is 9.15 Å². The van der Waals surface area contributed by atoms with Crippen molar-refractivity contribution in [3.8, 4) is 5.75 Å². The number of ether oxygens (including phenoxy) is 1. The summed E-state index contributed by atoms with van der Waals surface area (Å²) in [6.45, 7) is 6.14. The second-order valence-electron chi connectivity index (χ2n) is 8.28. The zero-order chi connectivity index (χ0) is 22.6. The van der Waals surface area contributed by atoms with Crippen LogP contribution >= 0.6 is 0 Å². The van der Waals surface area contributed by atoms with Crippen LogP contribution in [0.15, 0.2) is 71.3 Å². The van der Waals surface area contributed by atoms with E-state index in [2.05, 4.69) is 68.6 Å². The molecular weight excluding hydrogens is 416 g/mol. The molecule has 8 heteroatoms. The van der Waals surface area contributed by atoms with Gasteiger partial charge in [0.2, 0.25) is 0 Å². The van der Waals surface area contributed by atoms with E-state index in [0.717, 1.165) is 49.2 Å². The monoisotopic (exact) mass is 444 g/mol. The van der Waals surface area contributed by atoms with E-state index in [0.29, 0.717) is 6.54 Å². The number of aryl methyl sites for hydroxylation is 1. The van der Waals surface area contributed by atoms with E-state index in [1.165, 1.54) is 11.1 Å². The maximum Gasteiger partial charge on any atom is 0.173 e. The van der Waals surface area contributed by atoms with Gasteiger partial charge in [-0.05, 0) is 47.2 Å². The predicted molar refractivity (Wildman–Crippen MR) is 125 cm³/mol. The summed E-state index contributed by atoms with van der Waals surface area (Å²) in [4.78, 5) is 4.84. The summed E-state index contributed by atoms with van der Waals surface area (Å²) in [7, 11) is 1.72. The average molecular weight is 445 g/mol. The molecule has 8 nitrogen and oxygen atoms in total. The van der Waals surface area contributed by atoms with E-state index < -0.39 is 0 Å². The molecule has 0 N–H and O–H groups in total. The lowest BCUT2D eigenvalue weighted by molar-refractivity contribution is 0.200. The highest BCUT2D eigenvalue weighted by molar-refractivity contribution is 5.58. The molecule has 170 valence electrons. The van der Waals surface area contributed by atoms with Gasteiger partial charge in [-0.1, -0.05) is 42.0 Å². The molecule has 1 saturated heterocycles. The summed E-state index contributed by atoms with van der Waals surface area (Å²) in [5, 5.41) is 12.8. The number of methoxy groups -OCH3 is 1. The van der Waals surface area contributed by atoms with Crippen molar-refractivity contribution in [2.75, 3.05) is 38.2 Å². The number of benzene rings is 2. The summed E-state index contributed by atoms with van der Waals surface area (Å²) in [5.41, 5.74) is 3.55. The molecular formula is C25H28N6O2. The van der Waals surface area contributed by atoms with Gasteiger partial charge < -0.3 is 14.1 Å². The Hall–Kier alpha value is -3.65. The van der Waals surface area contributed by atoms with Gasteiger partial charge >= 0.3 is 0 Å². The van der Waals surface area contributed by atoms with Crippen molar-refractivity contribution in [2.24, 2.45) is 0 Å². The number of nitrogens with zero attached hydrogens (tertiary/aromatic N) is 6. The number of anilines is 1. The van der Waals surface area contributed by atoms with Crippen molar-refractivity contribution in [2.45, 2.75) is 19.5 Å². The van der Waals surface area contributed by atoms with Crippen molar-refractivity contribution in [1.29, 1.82) is 0 Å². The Morgan fingerprint density at radius 1 is 0.970 bits per heavy atom. The summed E-state index contributed by atoms with van der Waals surface area (Å²) in [6.07, 6.45) is 1.67. The van der Waals surface area contributed by atoms with Crippen molar-refractivity contribution >= 4 is 5.69 Å². The first-order valence-electron chi connectivity index (χ1n) is 11.2. The highest BCUT2D eigenvalue weighted by Gasteiger charge is 2.31. The molecule has 1 aliphatic heterocycles. The van der Waals surface area contributed by atoms with Crippen LogP contribution in [0, 0.1) is 6.92 Å². The zero-order valence-electron chi connectivity index (χ0n) is 19.0. The minimum atomic E-state index is -0.0459. The fraction of sp³-hybridized carbons (Fsp3) is 0.320. The van der Waals surface area contributed by atoms with Crippen LogP contribution in [0.1, 0.15) is 28.8 Å². The van der Waals surface area contributed by atoms with Crippen LogP contribution in [0.2, 0.25) is 0 Å². The number of hydrogen-bond acceptors (Lipinski definition) is 7. The maximum atomic E-state index is 5.58. The molecule has 4 aromatic rings. The van der Waals surface area contributed by atoms with E-state index in [-0.39, 0.29) is 6.04 Å². The van der Waals surface area contributed by atoms with Gasteiger partial charge in [0.15, 0.2) is 5.82 Å². The third-order valence-corrected chi connectivity index (χ3v) is 6.19. The Morgan fingerprint density at radius 3 is 2.48 bits per heavy atom. The van der Waals surface area contributed by atoms with Crippen LogP contribution in [0.4, 0.5) is 5.69 Å². The Kier molecular flexibility index (Phi) is 6.08. The van der Waals surface area contributed by atoms with Gasteiger partial charge in [-0.15, -0.1) is 5.10 Å². The van der Waals surface area contributed by atoms with Gasteiger partial charge in [0.25, 0.3) is 0 Å². The van der Waals surface area contributed by atoms with E-state index >= 15 is 0 Å². The van der Waals surface area contributed by atoms with Gasteiger partial charge in [0.05, 0.1) is 25.1 Å². The first kappa shape index (κ1) is 21.2. The molecule has 0 radical (unpaired) electrons. The molecule has 0 unspecified atom stereocenters. The molecule has 0 saturated carbocycles. The predicted octanol–water partition coefficient (Wildman–Crippen LogP) is 3.54. The number of para-hydroxylation sites is 2. The maximum absolute atomic E-state index is 5.58. The normalized spacial score (nSPS) is 15.5. The third-order valence-electron chi connectivity index (χ3n) is 6.19. The fourth-order valence-electron chi connectivity index (χ4n) is 4.45. The van der Waals surface area contributed by atoms with Crippen LogP contribution in [-0.4, -0.2) is 58.4 Å². The van der Waals surface area contributed by atoms with Crippen molar-refractivity contribution in [3.63, 3.8) is 0 Å². The average Bonchev–Trinajstić information content (AvgIpc) is 3.54. The summed E-state index contributed by atoms with van der Waals surface area (Å²) >= 11 is 0. The molecule has 1 aliphatic rings.